The SMILES string of the molecule is CC(C)(C)OC(=O)NC(C=POCCCCO[N+](=O)[O-])COC(=O)OCCOCCON=O. The van der Waals surface area contributed by atoms with Crippen molar-refractivity contribution in [2.24, 2.45) is 5.34 Å². The predicted molar refractivity (Wildman–Crippen MR) is 114 cm³/mol. The van der Waals surface area contributed by atoms with E-state index >= 15 is 0 Å². The minimum absolute atomic E-state index is 0.0181. The number of ether oxygens (including phenoxy) is 4. The maximum atomic E-state index is 12.0. The van der Waals surface area contributed by atoms with Crippen molar-refractivity contribution >= 4 is 26.5 Å². The first-order chi connectivity index (χ1) is 15.6. The lowest BCUT2D eigenvalue weighted by Gasteiger charge is -2.22. The number of rotatable bonds is 18. The molecule has 0 radical (unpaired) electrons. The summed E-state index contributed by atoms with van der Waals surface area (Å²) in [6, 6.07) is -0.740. The van der Waals surface area contributed by atoms with E-state index in [0.717, 1.165) is 0 Å². The molecular formula is C17H30N3O12P. The van der Waals surface area contributed by atoms with E-state index in [1.54, 1.807) is 20.8 Å². The second kappa shape index (κ2) is 18.8. The highest BCUT2D eigenvalue weighted by molar-refractivity contribution is 7.33. The van der Waals surface area contributed by atoms with Crippen LogP contribution in [0.3, 0.4) is 0 Å². The van der Waals surface area contributed by atoms with E-state index in [4.69, 9.17) is 23.5 Å². The Balaban J connectivity index is 4.35. The summed E-state index contributed by atoms with van der Waals surface area (Å²) in [6.45, 7) is 5.18. The van der Waals surface area contributed by atoms with Crippen LogP contribution in [0.15, 0.2) is 5.34 Å². The molecule has 0 rings (SSSR count). The fourth-order valence-corrected chi connectivity index (χ4v) is 2.40. The summed E-state index contributed by atoms with van der Waals surface area (Å²) in [5.74, 6) is 1.54. The Bertz CT molecular complexity index is 615. The van der Waals surface area contributed by atoms with Gasteiger partial charge in [-0.05, 0) is 39.4 Å². The minimum Gasteiger partial charge on any atom is -0.444 e. The second-order valence-corrected chi connectivity index (χ2v) is 7.80. The van der Waals surface area contributed by atoms with Gasteiger partial charge in [-0.1, -0.05) is 0 Å². The van der Waals surface area contributed by atoms with Gasteiger partial charge < -0.3 is 38.5 Å². The predicted octanol–water partition coefficient (Wildman–Crippen LogP) is 2.42. The lowest BCUT2D eigenvalue weighted by Crippen LogP contribution is -2.42. The van der Waals surface area contributed by atoms with Crippen molar-refractivity contribution in [2.75, 3.05) is 46.2 Å². The molecule has 0 aliphatic heterocycles. The number of unbranched alkanes of at least 4 members (excludes halogenated alkanes) is 1. The molecule has 1 N–H and O–H groups in total. The minimum atomic E-state index is -0.975. The zero-order valence-corrected chi connectivity index (χ0v) is 19.7. The third-order valence-electron chi connectivity index (χ3n) is 3.04. The standard InChI is InChI=1S/C17H30N3O12P/c1-17(2,3)32-15(21)18-14(13-33-31-7-5-4-6-30-20(24)25)12-28-16(22)27-10-8-26-9-11-29-19-23/h13-14H,4-12H2,1-3H3,(H,18,21). The summed E-state index contributed by atoms with van der Waals surface area (Å²) < 4.78 is 25.4. The van der Waals surface area contributed by atoms with Gasteiger partial charge in [0.1, 0.15) is 25.4 Å². The largest absolute Gasteiger partial charge is 0.508 e. The highest BCUT2D eigenvalue weighted by Crippen LogP contribution is 2.08. The molecular weight excluding hydrogens is 469 g/mol. The van der Waals surface area contributed by atoms with Crippen LogP contribution < -0.4 is 5.32 Å². The molecule has 1 amide bonds. The molecule has 0 saturated heterocycles. The molecule has 33 heavy (non-hydrogen) atoms. The molecule has 0 aliphatic carbocycles. The molecule has 16 heteroatoms. The Morgan fingerprint density at radius 3 is 2.45 bits per heavy atom. The van der Waals surface area contributed by atoms with Gasteiger partial charge >= 0.3 is 12.2 Å². The Hall–Kier alpha value is -2.77. The highest BCUT2D eigenvalue weighted by Gasteiger charge is 2.19. The van der Waals surface area contributed by atoms with Crippen molar-refractivity contribution in [3.8, 4) is 0 Å². The average molecular weight is 499 g/mol. The van der Waals surface area contributed by atoms with Gasteiger partial charge in [0, 0.05) is 0 Å². The van der Waals surface area contributed by atoms with Crippen molar-refractivity contribution in [1.29, 1.82) is 0 Å². The molecule has 0 heterocycles. The topological polar surface area (TPSA) is 183 Å². The Kier molecular flexibility index (Phi) is 17.2. The van der Waals surface area contributed by atoms with Gasteiger partial charge in [-0.15, -0.1) is 15.0 Å². The zero-order chi connectivity index (χ0) is 25.0. The Morgan fingerprint density at radius 1 is 1.09 bits per heavy atom. The Labute approximate surface area is 192 Å². The van der Waals surface area contributed by atoms with E-state index in [1.807, 2.05) is 0 Å². The first kappa shape index (κ1) is 30.2. The van der Waals surface area contributed by atoms with Crippen LogP contribution in [0.2, 0.25) is 0 Å². The fourth-order valence-electron chi connectivity index (χ4n) is 1.78. The van der Waals surface area contributed by atoms with Crippen LogP contribution in [0.1, 0.15) is 33.6 Å². The summed E-state index contributed by atoms with van der Waals surface area (Å²) in [4.78, 5) is 51.8. The van der Waals surface area contributed by atoms with Crippen LogP contribution in [-0.2, 0) is 33.1 Å². The maximum absolute atomic E-state index is 12.0. The number of carbonyl (C=O) groups is 2. The van der Waals surface area contributed by atoms with E-state index < -0.39 is 29.0 Å². The van der Waals surface area contributed by atoms with E-state index in [-0.39, 0.29) is 39.6 Å². The van der Waals surface area contributed by atoms with Gasteiger partial charge in [0.25, 0.3) is 5.09 Å². The number of nitrogens with one attached hydrogen (secondary N) is 1. The molecule has 0 aromatic heterocycles. The normalized spacial score (nSPS) is 12.0. The molecule has 0 bridgehead atoms. The summed E-state index contributed by atoms with van der Waals surface area (Å²) in [5, 5.41) is 13.9. The van der Waals surface area contributed by atoms with E-state index in [9.17, 15) is 24.6 Å². The van der Waals surface area contributed by atoms with Crippen LogP contribution in [-0.4, -0.2) is 81.0 Å². The van der Waals surface area contributed by atoms with Gasteiger partial charge in [-0.25, -0.2) is 9.59 Å². The molecule has 0 aromatic carbocycles. The quantitative estimate of drug-likeness (QED) is 0.0726. The zero-order valence-electron chi connectivity index (χ0n) is 18.8. The van der Waals surface area contributed by atoms with Crippen molar-refractivity contribution in [3.05, 3.63) is 15.0 Å². The fraction of sp³-hybridized carbons (Fsp3) is 0.824. The molecule has 0 spiro atoms. The number of hydrogen-bond acceptors (Lipinski definition) is 13. The van der Waals surface area contributed by atoms with Crippen molar-refractivity contribution in [2.45, 2.75) is 45.3 Å². The lowest BCUT2D eigenvalue weighted by molar-refractivity contribution is -0.757. The van der Waals surface area contributed by atoms with E-state index in [1.165, 1.54) is 5.80 Å². The number of alkyl carbamates (subject to hydrolysis) is 1. The average Bonchev–Trinajstić information content (AvgIpc) is 2.71. The van der Waals surface area contributed by atoms with Crippen LogP contribution in [0.4, 0.5) is 9.59 Å². The summed E-state index contributed by atoms with van der Waals surface area (Å²) in [5.41, 5.74) is -0.721. The summed E-state index contributed by atoms with van der Waals surface area (Å²) in [7, 11) is 0.376. The molecule has 0 aromatic rings. The van der Waals surface area contributed by atoms with Crippen molar-refractivity contribution in [3.63, 3.8) is 0 Å². The summed E-state index contributed by atoms with van der Waals surface area (Å²) in [6.07, 6.45) is -0.720. The first-order valence-corrected chi connectivity index (χ1v) is 10.8. The van der Waals surface area contributed by atoms with Crippen LogP contribution in [0.25, 0.3) is 0 Å². The lowest BCUT2D eigenvalue weighted by atomic mass is 10.2. The highest BCUT2D eigenvalue weighted by atomic mass is 31.1. The maximum Gasteiger partial charge on any atom is 0.508 e. The van der Waals surface area contributed by atoms with Gasteiger partial charge in [-0.3, -0.25) is 0 Å². The van der Waals surface area contributed by atoms with Gasteiger partial charge in [0.2, 0.25) is 0 Å². The summed E-state index contributed by atoms with van der Waals surface area (Å²) >= 11 is 0. The first-order valence-electron chi connectivity index (χ1n) is 9.88. The number of amides is 1. The molecule has 0 saturated carbocycles. The molecule has 1 atom stereocenters. The van der Waals surface area contributed by atoms with Crippen LogP contribution in [0.5, 0.6) is 0 Å². The molecule has 190 valence electrons. The second-order valence-electron chi connectivity index (χ2n) is 7.03. The number of nitrogens with zero attached hydrogens (tertiary/aromatic N) is 2. The molecule has 1 unspecified atom stereocenters. The van der Waals surface area contributed by atoms with E-state index in [2.05, 4.69) is 20.3 Å². The number of carbonyl (C=O) groups excluding carboxylic acids is 2. The van der Waals surface area contributed by atoms with E-state index in [0.29, 0.717) is 27.9 Å². The van der Waals surface area contributed by atoms with Crippen molar-refractivity contribution in [1.82, 2.24) is 5.32 Å². The monoisotopic (exact) mass is 499 g/mol. The van der Waals surface area contributed by atoms with Crippen molar-refractivity contribution < 1.29 is 47.8 Å². The molecule has 15 nitrogen and oxygen atoms in total. The third kappa shape index (κ3) is 22.2. The van der Waals surface area contributed by atoms with Gasteiger partial charge in [0.15, 0.2) is 5.34 Å². The molecule has 0 aliphatic rings. The van der Waals surface area contributed by atoms with Gasteiger partial charge in [-0.2, -0.15) is 0 Å². The number of hydrogen-bond donors (Lipinski definition) is 1. The Morgan fingerprint density at radius 2 is 1.79 bits per heavy atom. The van der Waals surface area contributed by atoms with Crippen LogP contribution in [0, 0.1) is 15.0 Å². The van der Waals surface area contributed by atoms with Crippen LogP contribution >= 0.6 is 8.43 Å². The third-order valence-corrected chi connectivity index (χ3v) is 3.86. The van der Waals surface area contributed by atoms with Gasteiger partial charge in [0.05, 0.1) is 40.9 Å². The smallest absolute Gasteiger partial charge is 0.444 e. The molecule has 0 fully saturated rings.